The van der Waals surface area contributed by atoms with E-state index < -0.39 is 0 Å². The summed E-state index contributed by atoms with van der Waals surface area (Å²) in [5, 5.41) is 3.29. The topological polar surface area (TPSA) is 64.1 Å². The van der Waals surface area contributed by atoms with Gasteiger partial charge in [0.15, 0.2) is 0 Å². The SMILES string of the molecule is CC(C)C1CCC(C(=O)NC2CCC(Oc3ncccn3)CC2)CC1. The number of ether oxygens (including phenoxy) is 1. The Morgan fingerprint density at radius 1 is 1.04 bits per heavy atom. The molecule has 0 aliphatic heterocycles. The van der Waals surface area contributed by atoms with Crippen LogP contribution in [0.4, 0.5) is 0 Å². The predicted octanol–water partition coefficient (Wildman–Crippen LogP) is 3.75. The molecule has 0 unspecified atom stereocenters. The Hall–Kier alpha value is -1.65. The third-order valence-electron chi connectivity index (χ3n) is 5.92. The quantitative estimate of drug-likeness (QED) is 0.883. The van der Waals surface area contributed by atoms with Gasteiger partial charge < -0.3 is 10.1 Å². The van der Waals surface area contributed by atoms with E-state index in [1.165, 1.54) is 12.8 Å². The zero-order chi connectivity index (χ0) is 17.6. The normalized spacial score (nSPS) is 30.0. The summed E-state index contributed by atoms with van der Waals surface area (Å²) < 4.78 is 5.82. The van der Waals surface area contributed by atoms with Crippen LogP contribution in [0.1, 0.15) is 65.2 Å². The fourth-order valence-corrected chi connectivity index (χ4v) is 4.19. The number of rotatable bonds is 5. The van der Waals surface area contributed by atoms with E-state index in [-0.39, 0.29) is 17.9 Å². The maximum Gasteiger partial charge on any atom is 0.316 e. The number of nitrogens with one attached hydrogen (secondary N) is 1. The van der Waals surface area contributed by atoms with Crippen molar-refractivity contribution in [3.63, 3.8) is 0 Å². The number of aromatic nitrogens is 2. The molecule has 1 N–H and O–H groups in total. The van der Waals surface area contributed by atoms with Gasteiger partial charge in [0.2, 0.25) is 5.91 Å². The van der Waals surface area contributed by atoms with Crippen LogP contribution in [0.5, 0.6) is 6.01 Å². The minimum Gasteiger partial charge on any atom is -0.460 e. The minimum atomic E-state index is 0.164. The predicted molar refractivity (Wildman–Crippen MR) is 97.1 cm³/mol. The van der Waals surface area contributed by atoms with Crippen LogP contribution in [-0.4, -0.2) is 28.0 Å². The van der Waals surface area contributed by atoms with Crippen molar-refractivity contribution in [2.24, 2.45) is 17.8 Å². The average Bonchev–Trinajstić information content (AvgIpc) is 2.64. The number of nitrogens with zero attached hydrogens (tertiary/aromatic N) is 2. The van der Waals surface area contributed by atoms with Crippen molar-refractivity contribution in [1.82, 2.24) is 15.3 Å². The van der Waals surface area contributed by atoms with Gasteiger partial charge >= 0.3 is 6.01 Å². The highest BCUT2D eigenvalue weighted by Crippen LogP contribution is 2.33. The van der Waals surface area contributed by atoms with E-state index in [9.17, 15) is 4.79 Å². The van der Waals surface area contributed by atoms with Crippen LogP contribution in [0, 0.1) is 17.8 Å². The van der Waals surface area contributed by atoms with E-state index in [0.717, 1.165) is 50.4 Å². The van der Waals surface area contributed by atoms with E-state index in [1.807, 2.05) is 0 Å². The Morgan fingerprint density at radius 2 is 1.68 bits per heavy atom. The fraction of sp³-hybridized carbons (Fsp3) is 0.750. The lowest BCUT2D eigenvalue weighted by atomic mass is 9.76. The first-order chi connectivity index (χ1) is 12.1. The Kier molecular flexibility index (Phi) is 6.27. The van der Waals surface area contributed by atoms with Crippen LogP contribution < -0.4 is 10.1 Å². The molecule has 0 aromatic carbocycles. The number of carbonyl (C=O) groups excluding carboxylic acids is 1. The molecule has 2 aliphatic rings. The van der Waals surface area contributed by atoms with E-state index in [4.69, 9.17) is 4.74 Å². The van der Waals surface area contributed by atoms with Gasteiger partial charge in [-0.25, -0.2) is 9.97 Å². The van der Waals surface area contributed by atoms with Gasteiger partial charge in [0.25, 0.3) is 0 Å². The second kappa shape index (κ2) is 8.63. The molecule has 0 atom stereocenters. The van der Waals surface area contributed by atoms with Crippen molar-refractivity contribution in [3.05, 3.63) is 18.5 Å². The lowest BCUT2D eigenvalue weighted by molar-refractivity contribution is -0.127. The molecule has 0 bridgehead atoms. The van der Waals surface area contributed by atoms with Crippen molar-refractivity contribution in [1.29, 1.82) is 0 Å². The van der Waals surface area contributed by atoms with Gasteiger partial charge in [-0.15, -0.1) is 0 Å². The van der Waals surface area contributed by atoms with Crippen LogP contribution >= 0.6 is 0 Å². The first kappa shape index (κ1) is 18.2. The van der Waals surface area contributed by atoms with Crippen LogP contribution in [-0.2, 0) is 4.79 Å². The van der Waals surface area contributed by atoms with Gasteiger partial charge in [0.1, 0.15) is 6.10 Å². The summed E-state index contributed by atoms with van der Waals surface area (Å²) in [6, 6.07) is 2.54. The molecule has 1 amide bonds. The molecule has 2 saturated carbocycles. The second-order valence-electron chi connectivity index (χ2n) is 7.99. The van der Waals surface area contributed by atoms with E-state index in [0.29, 0.717) is 12.1 Å². The van der Waals surface area contributed by atoms with E-state index in [1.54, 1.807) is 18.5 Å². The van der Waals surface area contributed by atoms with Crippen molar-refractivity contribution in [3.8, 4) is 6.01 Å². The molecule has 2 aliphatic carbocycles. The van der Waals surface area contributed by atoms with E-state index >= 15 is 0 Å². The molecule has 5 nitrogen and oxygen atoms in total. The molecule has 0 radical (unpaired) electrons. The summed E-state index contributed by atoms with van der Waals surface area (Å²) in [5.74, 6) is 2.05. The third-order valence-corrected chi connectivity index (χ3v) is 5.92. The van der Waals surface area contributed by atoms with Crippen LogP contribution in [0.2, 0.25) is 0 Å². The molecule has 1 aromatic rings. The third kappa shape index (κ3) is 5.16. The number of amides is 1. The van der Waals surface area contributed by atoms with Crippen molar-refractivity contribution in [2.75, 3.05) is 0 Å². The average molecular weight is 345 g/mol. The fourth-order valence-electron chi connectivity index (χ4n) is 4.19. The lowest BCUT2D eigenvalue weighted by Crippen LogP contribution is -2.43. The Balaban J connectivity index is 1.38. The molecule has 1 heterocycles. The van der Waals surface area contributed by atoms with Gasteiger partial charge in [0, 0.05) is 24.4 Å². The molecule has 1 aromatic heterocycles. The zero-order valence-electron chi connectivity index (χ0n) is 15.5. The number of carbonyl (C=O) groups is 1. The molecule has 2 fully saturated rings. The summed E-state index contributed by atoms with van der Waals surface area (Å²) in [6.07, 6.45) is 11.9. The summed E-state index contributed by atoms with van der Waals surface area (Å²) in [5.41, 5.74) is 0. The molecule has 5 heteroatoms. The van der Waals surface area contributed by atoms with Crippen molar-refractivity contribution in [2.45, 2.75) is 77.4 Å². The van der Waals surface area contributed by atoms with Gasteiger partial charge in [-0.1, -0.05) is 13.8 Å². The summed E-state index contributed by atoms with van der Waals surface area (Å²) in [7, 11) is 0. The Labute approximate surface area is 151 Å². The zero-order valence-corrected chi connectivity index (χ0v) is 15.5. The van der Waals surface area contributed by atoms with E-state index in [2.05, 4.69) is 29.1 Å². The first-order valence-corrected chi connectivity index (χ1v) is 9.86. The molecular weight excluding hydrogens is 314 g/mol. The second-order valence-corrected chi connectivity index (χ2v) is 7.99. The highest BCUT2D eigenvalue weighted by atomic mass is 16.5. The van der Waals surface area contributed by atoms with Gasteiger partial charge in [-0.2, -0.15) is 0 Å². The maximum absolute atomic E-state index is 12.6. The van der Waals surface area contributed by atoms with Crippen molar-refractivity contribution >= 4 is 5.91 Å². The standard InChI is InChI=1S/C20H31N3O2/c1-14(2)15-4-6-16(7-5-15)19(24)23-17-8-10-18(11-9-17)25-20-21-12-3-13-22-20/h3,12-18H,4-11H2,1-2H3,(H,23,24). The van der Waals surface area contributed by atoms with Gasteiger partial charge in [0.05, 0.1) is 0 Å². The molecule has 3 rings (SSSR count). The highest BCUT2D eigenvalue weighted by Gasteiger charge is 2.30. The Morgan fingerprint density at radius 3 is 2.28 bits per heavy atom. The highest BCUT2D eigenvalue weighted by molar-refractivity contribution is 5.79. The maximum atomic E-state index is 12.6. The van der Waals surface area contributed by atoms with Crippen LogP contribution in [0.15, 0.2) is 18.5 Å². The molecule has 0 spiro atoms. The molecular formula is C20H31N3O2. The smallest absolute Gasteiger partial charge is 0.316 e. The van der Waals surface area contributed by atoms with Crippen LogP contribution in [0.3, 0.4) is 0 Å². The molecule has 0 saturated heterocycles. The van der Waals surface area contributed by atoms with Gasteiger partial charge in [-0.3, -0.25) is 4.79 Å². The Bertz CT molecular complexity index is 533. The lowest BCUT2D eigenvalue weighted by Gasteiger charge is -2.33. The number of hydrogen-bond donors (Lipinski definition) is 1. The summed E-state index contributed by atoms with van der Waals surface area (Å²) in [6.45, 7) is 4.60. The first-order valence-electron chi connectivity index (χ1n) is 9.86. The van der Waals surface area contributed by atoms with Gasteiger partial charge in [-0.05, 0) is 69.3 Å². The number of hydrogen-bond acceptors (Lipinski definition) is 4. The molecule has 138 valence electrons. The van der Waals surface area contributed by atoms with Crippen LogP contribution in [0.25, 0.3) is 0 Å². The minimum absolute atomic E-state index is 0.164. The summed E-state index contributed by atoms with van der Waals surface area (Å²) >= 11 is 0. The summed E-state index contributed by atoms with van der Waals surface area (Å²) in [4.78, 5) is 20.8. The monoisotopic (exact) mass is 345 g/mol. The molecule has 25 heavy (non-hydrogen) atoms. The largest absolute Gasteiger partial charge is 0.460 e. The van der Waals surface area contributed by atoms with Crippen molar-refractivity contribution < 1.29 is 9.53 Å².